The van der Waals surface area contributed by atoms with E-state index >= 15 is 0 Å². The van der Waals surface area contributed by atoms with Gasteiger partial charge in [-0.15, -0.1) is 0 Å². The number of benzene rings is 2. The van der Waals surface area contributed by atoms with Gasteiger partial charge in [-0.25, -0.2) is 0 Å². The number of carbonyl (C=O) groups is 1. The normalized spacial score (nSPS) is 11.3. The van der Waals surface area contributed by atoms with Gasteiger partial charge in [-0.05, 0) is 54.8 Å². The monoisotopic (exact) mass is 485 g/mol. The van der Waals surface area contributed by atoms with Crippen LogP contribution in [0.25, 0.3) is 16.6 Å². The van der Waals surface area contributed by atoms with E-state index in [4.69, 9.17) is 11.6 Å². The van der Waals surface area contributed by atoms with E-state index in [9.17, 15) is 9.59 Å². The van der Waals surface area contributed by atoms with Gasteiger partial charge in [0.25, 0.3) is 5.56 Å². The van der Waals surface area contributed by atoms with Crippen LogP contribution in [0.3, 0.4) is 0 Å². The molecule has 0 unspecified atom stereocenters. The van der Waals surface area contributed by atoms with Crippen molar-refractivity contribution in [3.05, 3.63) is 86.2 Å². The van der Waals surface area contributed by atoms with Gasteiger partial charge in [0.2, 0.25) is 5.91 Å². The maximum atomic E-state index is 13.0. The molecule has 30 heavy (non-hydrogen) atoms. The van der Waals surface area contributed by atoms with E-state index in [2.05, 4.69) is 21.2 Å². The molecule has 7 heteroatoms. The van der Waals surface area contributed by atoms with Crippen molar-refractivity contribution in [1.82, 2.24) is 14.3 Å². The molecule has 2 aromatic heterocycles. The SMILES string of the molecule is O=C(CCCn1c(=O)c2cccn2c2ccc(Br)cc21)NCCc1ccccc1Cl. The predicted octanol–water partition coefficient (Wildman–Crippen LogP) is 4.81. The summed E-state index contributed by atoms with van der Waals surface area (Å²) in [7, 11) is 0. The van der Waals surface area contributed by atoms with E-state index in [-0.39, 0.29) is 11.5 Å². The van der Waals surface area contributed by atoms with Gasteiger partial charge in [-0.1, -0.05) is 45.7 Å². The Morgan fingerprint density at radius 2 is 1.87 bits per heavy atom. The molecule has 0 aliphatic heterocycles. The second kappa shape index (κ2) is 9.06. The number of fused-ring (bicyclic) bond motifs is 3. The number of hydrogen-bond acceptors (Lipinski definition) is 2. The van der Waals surface area contributed by atoms with Gasteiger partial charge in [0.05, 0.1) is 11.0 Å². The van der Waals surface area contributed by atoms with Gasteiger partial charge in [0.15, 0.2) is 0 Å². The molecule has 4 rings (SSSR count). The third-order valence-corrected chi connectivity index (χ3v) is 6.02. The fraction of sp³-hybridized carbons (Fsp3) is 0.217. The number of rotatable bonds is 7. The molecule has 1 N–H and O–H groups in total. The molecule has 0 atom stereocenters. The number of aromatic nitrogens is 2. The molecule has 0 fully saturated rings. The lowest BCUT2D eigenvalue weighted by Crippen LogP contribution is -2.27. The molecule has 0 aliphatic carbocycles. The van der Waals surface area contributed by atoms with E-state index in [1.165, 1.54) is 0 Å². The zero-order valence-electron chi connectivity index (χ0n) is 16.3. The lowest BCUT2D eigenvalue weighted by Gasteiger charge is -2.13. The van der Waals surface area contributed by atoms with Crippen LogP contribution < -0.4 is 10.9 Å². The Kier molecular flexibility index (Phi) is 6.25. The van der Waals surface area contributed by atoms with Crippen LogP contribution in [0, 0.1) is 0 Å². The predicted molar refractivity (Wildman–Crippen MR) is 124 cm³/mol. The molecular formula is C23H21BrClN3O2. The van der Waals surface area contributed by atoms with Crippen molar-refractivity contribution in [2.75, 3.05) is 6.54 Å². The minimum Gasteiger partial charge on any atom is -0.356 e. The summed E-state index contributed by atoms with van der Waals surface area (Å²) in [5, 5.41) is 3.65. The standard InChI is InChI=1S/C23H21BrClN3O2/c24-17-9-10-19-21(15-17)28(23(30)20-7-3-13-27(19)20)14-4-8-22(29)26-12-11-16-5-1-2-6-18(16)25/h1-3,5-7,9-10,13,15H,4,8,11-12,14H2,(H,26,29). The van der Waals surface area contributed by atoms with Gasteiger partial charge in [-0.2, -0.15) is 0 Å². The summed E-state index contributed by atoms with van der Waals surface area (Å²) in [5.41, 5.74) is 3.40. The maximum Gasteiger partial charge on any atom is 0.275 e. The molecule has 0 bridgehead atoms. The zero-order valence-corrected chi connectivity index (χ0v) is 18.6. The molecule has 0 radical (unpaired) electrons. The number of aryl methyl sites for hydroxylation is 1. The van der Waals surface area contributed by atoms with Gasteiger partial charge >= 0.3 is 0 Å². The molecule has 1 amide bonds. The molecular weight excluding hydrogens is 466 g/mol. The fourth-order valence-corrected chi connectivity index (χ4v) is 4.25. The van der Waals surface area contributed by atoms with E-state index < -0.39 is 0 Å². The van der Waals surface area contributed by atoms with E-state index in [0.29, 0.717) is 42.9 Å². The summed E-state index contributed by atoms with van der Waals surface area (Å²) in [6.07, 6.45) is 3.52. The van der Waals surface area contributed by atoms with E-state index in [0.717, 1.165) is 21.1 Å². The fourth-order valence-electron chi connectivity index (χ4n) is 3.68. The average Bonchev–Trinajstić information content (AvgIpc) is 3.22. The van der Waals surface area contributed by atoms with Gasteiger partial charge in [-0.3, -0.25) is 9.59 Å². The van der Waals surface area contributed by atoms with Crippen molar-refractivity contribution >= 4 is 50.0 Å². The van der Waals surface area contributed by atoms with Crippen LogP contribution >= 0.6 is 27.5 Å². The quantitative estimate of drug-likeness (QED) is 0.408. The second-order valence-electron chi connectivity index (χ2n) is 7.15. The highest BCUT2D eigenvalue weighted by Crippen LogP contribution is 2.21. The Morgan fingerprint density at radius 1 is 1.03 bits per heavy atom. The number of nitrogens with one attached hydrogen (secondary N) is 1. The number of amides is 1. The highest BCUT2D eigenvalue weighted by Gasteiger charge is 2.11. The molecule has 4 aromatic rings. The zero-order chi connectivity index (χ0) is 21.1. The first-order valence-corrected chi connectivity index (χ1v) is 11.0. The molecule has 5 nitrogen and oxygen atoms in total. The van der Waals surface area contributed by atoms with E-state index in [1.54, 1.807) is 4.57 Å². The molecule has 0 aliphatic rings. The summed E-state index contributed by atoms with van der Waals surface area (Å²) >= 11 is 9.64. The summed E-state index contributed by atoms with van der Waals surface area (Å²) < 4.78 is 4.57. The smallest absolute Gasteiger partial charge is 0.275 e. The second-order valence-corrected chi connectivity index (χ2v) is 8.47. The van der Waals surface area contributed by atoms with Crippen molar-refractivity contribution in [3.63, 3.8) is 0 Å². The first-order valence-electron chi connectivity index (χ1n) is 9.84. The summed E-state index contributed by atoms with van der Waals surface area (Å²) in [6.45, 7) is 1.01. The largest absolute Gasteiger partial charge is 0.356 e. The van der Waals surface area contributed by atoms with Gasteiger partial charge in [0.1, 0.15) is 5.52 Å². The third kappa shape index (κ3) is 4.30. The summed E-state index contributed by atoms with van der Waals surface area (Å²) in [4.78, 5) is 25.2. The molecule has 0 spiro atoms. The first-order chi connectivity index (χ1) is 14.5. The minimum absolute atomic E-state index is 0.0237. The van der Waals surface area contributed by atoms with Crippen LogP contribution in [0.5, 0.6) is 0 Å². The molecule has 2 heterocycles. The topological polar surface area (TPSA) is 55.5 Å². The van der Waals surface area contributed by atoms with Crippen molar-refractivity contribution < 1.29 is 4.79 Å². The van der Waals surface area contributed by atoms with Crippen LogP contribution in [0.2, 0.25) is 5.02 Å². The number of hydrogen-bond donors (Lipinski definition) is 1. The Labute approximate surface area is 187 Å². The molecule has 2 aromatic carbocycles. The average molecular weight is 487 g/mol. The van der Waals surface area contributed by atoms with Crippen LogP contribution in [0.1, 0.15) is 18.4 Å². The van der Waals surface area contributed by atoms with E-state index in [1.807, 2.05) is 65.2 Å². The Hall–Kier alpha value is -2.57. The van der Waals surface area contributed by atoms with Crippen LogP contribution in [0.15, 0.2) is 70.1 Å². The molecule has 154 valence electrons. The summed E-state index contributed by atoms with van der Waals surface area (Å²) in [6, 6.07) is 17.2. The Bertz CT molecular complexity index is 1280. The Morgan fingerprint density at radius 3 is 2.70 bits per heavy atom. The third-order valence-electron chi connectivity index (χ3n) is 5.16. The summed E-state index contributed by atoms with van der Waals surface area (Å²) in [5.74, 6) is -0.0237. The number of nitrogens with zero attached hydrogens (tertiary/aromatic N) is 2. The van der Waals surface area contributed by atoms with Gasteiger partial charge < -0.3 is 14.3 Å². The van der Waals surface area contributed by atoms with Crippen molar-refractivity contribution in [3.8, 4) is 0 Å². The highest BCUT2D eigenvalue weighted by molar-refractivity contribution is 9.10. The van der Waals surface area contributed by atoms with Gasteiger partial charge in [0, 0.05) is 35.2 Å². The van der Waals surface area contributed by atoms with Crippen LogP contribution in [0.4, 0.5) is 0 Å². The van der Waals surface area contributed by atoms with Crippen molar-refractivity contribution in [2.45, 2.75) is 25.8 Å². The number of halogens is 2. The minimum atomic E-state index is -0.0512. The maximum absolute atomic E-state index is 13.0. The number of carbonyl (C=O) groups excluding carboxylic acids is 1. The van der Waals surface area contributed by atoms with Crippen LogP contribution in [-0.4, -0.2) is 21.4 Å². The highest BCUT2D eigenvalue weighted by atomic mass is 79.9. The molecule has 0 saturated heterocycles. The first kappa shape index (κ1) is 20.7. The molecule has 0 saturated carbocycles. The lowest BCUT2D eigenvalue weighted by molar-refractivity contribution is -0.121. The van der Waals surface area contributed by atoms with Crippen molar-refractivity contribution in [2.24, 2.45) is 0 Å². The van der Waals surface area contributed by atoms with Crippen molar-refractivity contribution in [1.29, 1.82) is 0 Å². The Balaban J connectivity index is 1.41. The lowest BCUT2D eigenvalue weighted by atomic mass is 10.1. The van der Waals surface area contributed by atoms with Crippen LogP contribution in [-0.2, 0) is 17.8 Å².